The Kier molecular flexibility index (Phi) is 4.53. The molecule has 2 aromatic rings. The molecule has 24 heavy (non-hydrogen) atoms. The molecule has 1 unspecified atom stereocenters. The first-order valence-corrected chi connectivity index (χ1v) is 8.37. The molecule has 0 spiro atoms. The molecule has 1 aliphatic heterocycles. The molecule has 4 nitrogen and oxygen atoms in total. The molecule has 3 rings (SSSR count). The van der Waals surface area contributed by atoms with Crippen LogP contribution in [0.5, 0.6) is 0 Å². The van der Waals surface area contributed by atoms with Gasteiger partial charge >= 0.3 is 0 Å². The Morgan fingerprint density at radius 3 is 2.29 bits per heavy atom. The van der Waals surface area contributed by atoms with Crippen LogP contribution in [0.1, 0.15) is 29.2 Å². The predicted molar refractivity (Wildman–Crippen MR) is 104 cm³/mol. The molecule has 0 saturated heterocycles. The van der Waals surface area contributed by atoms with E-state index in [1.807, 2.05) is 14.1 Å². The van der Waals surface area contributed by atoms with Crippen LogP contribution in [0.2, 0.25) is 0 Å². The van der Waals surface area contributed by atoms with Crippen molar-refractivity contribution in [3.63, 3.8) is 0 Å². The monoisotopic (exact) mass is 338 g/mol. The second kappa shape index (κ2) is 6.61. The topological polar surface area (TPSA) is 44.9 Å². The number of anilines is 1. The van der Waals surface area contributed by atoms with Crippen LogP contribution < -0.4 is 10.6 Å². The van der Waals surface area contributed by atoms with E-state index < -0.39 is 0 Å². The lowest BCUT2D eigenvalue weighted by atomic mass is 9.98. The average molecular weight is 338 g/mol. The molecule has 0 fully saturated rings. The Morgan fingerprint density at radius 1 is 1.12 bits per heavy atom. The summed E-state index contributed by atoms with van der Waals surface area (Å²) >= 11 is 5.21. The smallest absolute Gasteiger partial charge is 0.187 e. The maximum Gasteiger partial charge on any atom is 0.187 e. The summed E-state index contributed by atoms with van der Waals surface area (Å²) in [5.41, 5.74) is 11.6. The van der Waals surface area contributed by atoms with Gasteiger partial charge in [0.05, 0.1) is 11.8 Å². The Labute approximate surface area is 148 Å². The maximum absolute atomic E-state index is 5.91. The predicted octanol–water partition coefficient (Wildman–Crippen LogP) is 3.46. The number of benzene rings is 2. The third kappa shape index (κ3) is 3.26. The summed E-state index contributed by atoms with van der Waals surface area (Å²) < 4.78 is 0. The van der Waals surface area contributed by atoms with Crippen molar-refractivity contribution in [2.45, 2.75) is 19.4 Å². The average Bonchev–Trinajstić information content (AvgIpc) is 3.01. The fourth-order valence-electron chi connectivity index (χ4n) is 2.89. The quantitative estimate of drug-likeness (QED) is 0.871. The number of aryl methyl sites for hydroxylation is 1. The van der Waals surface area contributed by atoms with E-state index in [4.69, 9.17) is 18.0 Å². The number of rotatable bonds is 3. The van der Waals surface area contributed by atoms with E-state index in [0.717, 1.165) is 17.7 Å². The first-order chi connectivity index (χ1) is 11.5. The molecular weight excluding hydrogens is 316 g/mol. The van der Waals surface area contributed by atoms with Crippen LogP contribution in [0.4, 0.5) is 5.69 Å². The van der Waals surface area contributed by atoms with E-state index in [0.29, 0.717) is 5.11 Å². The van der Waals surface area contributed by atoms with Gasteiger partial charge in [-0.05, 0) is 42.4 Å². The number of nitrogens with zero attached hydrogens (tertiary/aromatic N) is 3. The van der Waals surface area contributed by atoms with E-state index in [9.17, 15) is 0 Å². The largest absolute Gasteiger partial charge is 0.378 e. The zero-order valence-electron chi connectivity index (χ0n) is 14.2. The maximum atomic E-state index is 5.91. The Hall–Kier alpha value is -2.40. The second-order valence-electron chi connectivity index (χ2n) is 6.30. The summed E-state index contributed by atoms with van der Waals surface area (Å²) in [6, 6.07) is 16.9. The van der Waals surface area contributed by atoms with E-state index in [2.05, 4.69) is 65.5 Å². The fraction of sp³-hybridized carbons (Fsp3) is 0.263. The Morgan fingerprint density at radius 2 is 1.75 bits per heavy atom. The number of thiocarbonyl (C=S) groups is 1. The zero-order chi connectivity index (χ0) is 17.3. The van der Waals surface area contributed by atoms with Gasteiger partial charge in [0.1, 0.15) is 0 Å². The molecule has 1 heterocycles. The lowest BCUT2D eigenvalue weighted by molar-refractivity contribution is 0.373. The SMILES string of the molecule is Cc1ccc(C2=NN(C(N)=S)C(c3ccc(N(C)C)cc3)C2)cc1. The van der Waals surface area contributed by atoms with E-state index in [1.165, 1.54) is 16.8 Å². The van der Waals surface area contributed by atoms with Crippen LogP contribution in [-0.2, 0) is 0 Å². The number of nitrogens with two attached hydrogens (primary N) is 1. The summed E-state index contributed by atoms with van der Waals surface area (Å²) in [6.45, 7) is 2.08. The molecule has 2 N–H and O–H groups in total. The molecule has 0 radical (unpaired) electrons. The van der Waals surface area contributed by atoms with E-state index in [-0.39, 0.29) is 6.04 Å². The highest BCUT2D eigenvalue weighted by atomic mass is 32.1. The van der Waals surface area contributed by atoms with Gasteiger partial charge < -0.3 is 10.6 Å². The summed E-state index contributed by atoms with van der Waals surface area (Å²) in [5.74, 6) is 0. The minimum Gasteiger partial charge on any atom is -0.378 e. The van der Waals surface area contributed by atoms with Gasteiger partial charge in [0.15, 0.2) is 5.11 Å². The molecule has 1 aliphatic rings. The van der Waals surface area contributed by atoms with Gasteiger partial charge in [0, 0.05) is 26.2 Å². The van der Waals surface area contributed by atoms with Crippen LogP contribution in [0.25, 0.3) is 0 Å². The van der Waals surface area contributed by atoms with Crippen molar-refractivity contribution in [3.8, 4) is 0 Å². The molecule has 0 aromatic heterocycles. The highest BCUT2D eigenvalue weighted by Gasteiger charge is 2.30. The number of hydrogen-bond acceptors (Lipinski definition) is 3. The lowest BCUT2D eigenvalue weighted by Gasteiger charge is -2.22. The molecule has 2 aromatic carbocycles. The van der Waals surface area contributed by atoms with E-state index in [1.54, 1.807) is 5.01 Å². The van der Waals surface area contributed by atoms with Crippen molar-refractivity contribution in [2.75, 3.05) is 19.0 Å². The first kappa shape index (κ1) is 16.5. The van der Waals surface area contributed by atoms with Gasteiger partial charge in [0.2, 0.25) is 0 Å². The lowest BCUT2D eigenvalue weighted by Crippen LogP contribution is -2.31. The highest BCUT2D eigenvalue weighted by molar-refractivity contribution is 7.80. The van der Waals surface area contributed by atoms with Crippen LogP contribution in [0.15, 0.2) is 53.6 Å². The van der Waals surface area contributed by atoms with Gasteiger partial charge in [-0.2, -0.15) is 5.10 Å². The van der Waals surface area contributed by atoms with Gasteiger partial charge in [0.25, 0.3) is 0 Å². The minimum absolute atomic E-state index is 0.0509. The van der Waals surface area contributed by atoms with Gasteiger partial charge in [-0.1, -0.05) is 42.0 Å². The third-order valence-electron chi connectivity index (χ3n) is 4.32. The van der Waals surface area contributed by atoms with Crippen molar-refractivity contribution in [2.24, 2.45) is 10.8 Å². The molecular formula is C19H22N4S. The molecule has 0 aliphatic carbocycles. The van der Waals surface area contributed by atoms with Crippen LogP contribution in [0.3, 0.4) is 0 Å². The fourth-order valence-corrected chi connectivity index (χ4v) is 3.06. The zero-order valence-corrected chi connectivity index (χ0v) is 15.0. The van der Waals surface area contributed by atoms with Crippen LogP contribution in [-0.4, -0.2) is 29.9 Å². The number of hydrazone groups is 1. The Bertz CT molecular complexity index is 763. The van der Waals surface area contributed by atoms with Gasteiger partial charge in [-0.3, -0.25) is 0 Å². The summed E-state index contributed by atoms with van der Waals surface area (Å²) in [6.07, 6.45) is 0.793. The summed E-state index contributed by atoms with van der Waals surface area (Å²) in [4.78, 5) is 2.08. The molecule has 124 valence electrons. The normalized spacial score (nSPS) is 16.9. The highest BCUT2D eigenvalue weighted by Crippen LogP contribution is 2.33. The van der Waals surface area contributed by atoms with Crippen LogP contribution in [0, 0.1) is 6.92 Å². The van der Waals surface area contributed by atoms with Crippen molar-refractivity contribution in [1.29, 1.82) is 0 Å². The number of hydrogen-bond donors (Lipinski definition) is 1. The van der Waals surface area contributed by atoms with Crippen molar-refractivity contribution >= 4 is 28.7 Å². The second-order valence-corrected chi connectivity index (χ2v) is 6.72. The van der Waals surface area contributed by atoms with Crippen LogP contribution >= 0.6 is 12.2 Å². The molecule has 0 amide bonds. The van der Waals surface area contributed by atoms with Crippen molar-refractivity contribution < 1.29 is 0 Å². The standard InChI is InChI=1S/C19H22N4S/c1-13-4-6-14(7-5-13)17-12-18(23(21-17)19(20)24)15-8-10-16(11-9-15)22(2)3/h4-11,18H,12H2,1-3H3,(H2,20,24). The molecule has 0 saturated carbocycles. The summed E-state index contributed by atoms with van der Waals surface area (Å²) in [7, 11) is 4.06. The van der Waals surface area contributed by atoms with Gasteiger partial charge in [-0.15, -0.1) is 0 Å². The Balaban J connectivity index is 1.89. The van der Waals surface area contributed by atoms with E-state index >= 15 is 0 Å². The summed E-state index contributed by atoms with van der Waals surface area (Å²) in [5, 5.41) is 6.74. The van der Waals surface area contributed by atoms with Gasteiger partial charge in [-0.25, -0.2) is 5.01 Å². The van der Waals surface area contributed by atoms with Crippen molar-refractivity contribution in [3.05, 3.63) is 65.2 Å². The molecule has 1 atom stereocenters. The first-order valence-electron chi connectivity index (χ1n) is 7.96. The molecule has 5 heteroatoms. The minimum atomic E-state index is 0.0509. The third-order valence-corrected chi connectivity index (χ3v) is 4.50. The molecule has 0 bridgehead atoms. The van der Waals surface area contributed by atoms with Crippen molar-refractivity contribution in [1.82, 2.24) is 5.01 Å².